The van der Waals surface area contributed by atoms with Crippen molar-refractivity contribution in [3.8, 4) is 0 Å². The third-order valence-corrected chi connectivity index (χ3v) is 2.63. The largest absolute Gasteiger partial charge is 0.481 e. The number of carboxylic acid groups (broad SMARTS) is 1. The molecule has 0 amide bonds. The average Bonchev–Trinajstić information content (AvgIpc) is 2.05. The molecular weight excluding hydrogens is 168 g/mol. The molecule has 0 unspecified atom stereocenters. The van der Waals surface area contributed by atoms with E-state index in [2.05, 4.69) is 0 Å². The number of ether oxygens (including phenoxy) is 1. The standard InChI is InChI=1S/C10H18O3/c1-10(2,9(11)12)6-8-4-3-5-13-7-8/h8H,3-7H2,1-2H3,(H,11,12)/t8-/m0/s1. The smallest absolute Gasteiger partial charge is 0.309 e. The van der Waals surface area contributed by atoms with Crippen LogP contribution in [0.3, 0.4) is 0 Å². The minimum Gasteiger partial charge on any atom is -0.481 e. The number of carboxylic acids is 1. The van der Waals surface area contributed by atoms with Crippen LogP contribution >= 0.6 is 0 Å². The molecule has 1 N–H and O–H groups in total. The van der Waals surface area contributed by atoms with E-state index in [-0.39, 0.29) is 0 Å². The van der Waals surface area contributed by atoms with Crippen molar-refractivity contribution in [1.82, 2.24) is 0 Å². The zero-order valence-corrected chi connectivity index (χ0v) is 8.38. The number of hydrogen-bond donors (Lipinski definition) is 1. The molecule has 1 fully saturated rings. The highest BCUT2D eigenvalue weighted by Crippen LogP contribution is 2.29. The molecule has 0 aromatic rings. The van der Waals surface area contributed by atoms with E-state index in [1.807, 2.05) is 0 Å². The monoisotopic (exact) mass is 186 g/mol. The molecule has 0 radical (unpaired) electrons. The maximum atomic E-state index is 10.9. The van der Waals surface area contributed by atoms with Gasteiger partial charge in [-0.15, -0.1) is 0 Å². The highest BCUT2D eigenvalue weighted by atomic mass is 16.5. The van der Waals surface area contributed by atoms with Gasteiger partial charge < -0.3 is 9.84 Å². The molecule has 0 saturated carbocycles. The van der Waals surface area contributed by atoms with Crippen molar-refractivity contribution in [3.63, 3.8) is 0 Å². The number of rotatable bonds is 3. The third kappa shape index (κ3) is 2.99. The van der Waals surface area contributed by atoms with Crippen molar-refractivity contribution in [1.29, 1.82) is 0 Å². The minimum absolute atomic E-state index is 0.430. The number of aliphatic carboxylic acids is 1. The minimum atomic E-state index is -0.710. The summed E-state index contributed by atoms with van der Waals surface area (Å²) in [7, 11) is 0. The molecule has 1 heterocycles. The summed E-state index contributed by atoms with van der Waals surface area (Å²) >= 11 is 0. The zero-order valence-electron chi connectivity index (χ0n) is 8.38. The van der Waals surface area contributed by atoms with Crippen LogP contribution in [-0.2, 0) is 9.53 Å². The van der Waals surface area contributed by atoms with E-state index in [1.54, 1.807) is 13.8 Å². The Kier molecular flexibility index (Phi) is 3.31. The molecular formula is C10H18O3. The summed E-state index contributed by atoms with van der Waals surface area (Å²) < 4.78 is 5.31. The van der Waals surface area contributed by atoms with E-state index in [1.165, 1.54) is 0 Å². The van der Waals surface area contributed by atoms with Gasteiger partial charge in [-0.3, -0.25) is 4.79 Å². The molecule has 0 aromatic heterocycles. The lowest BCUT2D eigenvalue weighted by Crippen LogP contribution is -2.30. The Hall–Kier alpha value is -0.570. The van der Waals surface area contributed by atoms with Gasteiger partial charge in [0.1, 0.15) is 0 Å². The molecule has 1 aliphatic rings. The van der Waals surface area contributed by atoms with Crippen LogP contribution in [0.15, 0.2) is 0 Å². The second-order valence-electron chi connectivity index (χ2n) is 4.48. The van der Waals surface area contributed by atoms with Gasteiger partial charge in [0, 0.05) is 13.2 Å². The molecule has 1 rings (SSSR count). The summed E-state index contributed by atoms with van der Waals surface area (Å²) in [5.41, 5.74) is -0.606. The predicted octanol–water partition coefficient (Wildman–Crippen LogP) is 1.91. The molecule has 3 nitrogen and oxygen atoms in total. The number of carbonyl (C=O) groups is 1. The lowest BCUT2D eigenvalue weighted by Gasteiger charge is -2.28. The normalized spacial score (nSPS) is 24.3. The molecule has 3 heteroatoms. The van der Waals surface area contributed by atoms with Gasteiger partial charge in [0.15, 0.2) is 0 Å². The van der Waals surface area contributed by atoms with Crippen molar-refractivity contribution in [3.05, 3.63) is 0 Å². The van der Waals surface area contributed by atoms with E-state index in [0.29, 0.717) is 5.92 Å². The van der Waals surface area contributed by atoms with Crippen molar-refractivity contribution in [2.45, 2.75) is 33.1 Å². The molecule has 0 spiro atoms. The summed E-state index contributed by atoms with van der Waals surface area (Å²) in [6.45, 7) is 5.13. The van der Waals surface area contributed by atoms with Crippen LogP contribution in [0.2, 0.25) is 0 Å². The Balaban J connectivity index is 2.41. The molecule has 1 atom stereocenters. The summed E-state index contributed by atoms with van der Waals surface area (Å²) in [5.74, 6) is -0.280. The zero-order chi connectivity index (χ0) is 9.90. The van der Waals surface area contributed by atoms with Gasteiger partial charge in [0.05, 0.1) is 5.41 Å². The molecule has 76 valence electrons. The predicted molar refractivity (Wildman–Crippen MR) is 49.6 cm³/mol. The summed E-state index contributed by atoms with van der Waals surface area (Å²) in [6, 6.07) is 0. The van der Waals surface area contributed by atoms with Crippen LogP contribution in [0.1, 0.15) is 33.1 Å². The first-order valence-corrected chi connectivity index (χ1v) is 4.83. The van der Waals surface area contributed by atoms with E-state index in [0.717, 1.165) is 32.5 Å². The highest BCUT2D eigenvalue weighted by molar-refractivity contribution is 5.73. The second kappa shape index (κ2) is 4.09. The number of hydrogen-bond acceptors (Lipinski definition) is 2. The van der Waals surface area contributed by atoms with E-state index in [4.69, 9.17) is 9.84 Å². The lowest BCUT2D eigenvalue weighted by atomic mass is 9.81. The summed E-state index contributed by atoms with van der Waals surface area (Å²) in [5, 5.41) is 8.93. The van der Waals surface area contributed by atoms with E-state index < -0.39 is 11.4 Å². The highest BCUT2D eigenvalue weighted by Gasteiger charge is 2.31. The Bertz CT molecular complexity index is 181. The fraction of sp³-hybridized carbons (Fsp3) is 0.900. The van der Waals surface area contributed by atoms with Crippen molar-refractivity contribution in [2.24, 2.45) is 11.3 Å². The van der Waals surface area contributed by atoms with Gasteiger partial charge >= 0.3 is 5.97 Å². The van der Waals surface area contributed by atoms with Gasteiger partial charge in [-0.2, -0.15) is 0 Å². The van der Waals surface area contributed by atoms with Crippen LogP contribution < -0.4 is 0 Å². The fourth-order valence-corrected chi connectivity index (χ4v) is 1.78. The maximum absolute atomic E-state index is 10.9. The van der Waals surface area contributed by atoms with Crippen LogP contribution in [0, 0.1) is 11.3 Å². The maximum Gasteiger partial charge on any atom is 0.309 e. The molecule has 13 heavy (non-hydrogen) atoms. The Labute approximate surface area is 79.1 Å². The SMILES string of the molecule is CC(C)(C[C@@H]1CCCOC1)C(=O)O. The molecule has 0 aliphatic carbocycles. The van der Waals surface area contributed by atoms with Crippen LogP contribution in [-0.4, -0.2) is 24.3 Å². The molecule has 0 aromatic carbocycles. The van der Waals surface area contributed by atoms with Gasteiger partial charge in [-0.1, -0.05) is 0 Å². The molecule has 0 bridgehead atoms. The van der Waals surface area contributed by atoms with E-state index in [9.17, 15) is 4.79 Å². The third-order valence-electron chi connectivity index (χ3n) is 2.63. The Morgan fingerprint density at radius 1 is 1.62 bits per heavy atom. The van der Waals surface area contributed by atoms with Gasteiger partial charge in [-0.25, -0.2) is 0 Å². The van der Waals surface area contributed by atoms with Crippen LogP contribution in [0.5, 0.6) is 0 Å². The van der Waals surface area contributed by atoms with Crippen molar-refractivity contribution < 1.29 is 14.6 Å². The van der Waals surface area contributed by atoms with E-state index >= 15 is 0 Å². The molecule has 1 aliphatic heterocycles. The van der Waals surface area contributed by atoms with Crippen LogP contribution in [0.25, 0.3) is 0 Å². The average molecular weight is 186 g/mol. The first-order valence-electron chi connectivity index (χ1n) is 4.83. The second-order valence-corrected chi connectivity index (χ2v) is 4.48. The van der Waals surface area contributed by atoms with Crippen LogP contribution in [0.4, 0.5) is 0 Å². The fourth-order valence-electron chi connectivity index (χ4n) is 1.78. The quantitative estimate of drug-likeness (QED) is 0.732. The Morgan fingerprint density at radius 2 is 2.31 bits per heavy atom. The van der Waals surface area contributed by atoms with Crippen molar-refractivity contribution >= 4 is 5.97 Å². The van der Waals surface area contributed by atoms with Gasteiger partial charge in [0.25, 0.3) is 0 Å². The Morgan fingerprint density at radius 3 is 2.77 bits per heavy atom. The first kappa shape index (κ1) is 10.5. The molecule has 1 saturated heterocycles. The van der Waals surface area contributed by atoms with Crippen molar-refractivity contribution in [2.75, 3.05) is 13.2 Å². The van der Waals surface area contributed by atoms with Gasteiger partial charge in [-0.05, 0) is 39.0 Å². The summed E-state index contributed by atoms with van der Waals surface area (Å²) in [6.07, 6.45) is 2.90. The lowest BCUT2D eigenvalue weighted by molar-refractivity contribution is -0.148. The van der Waals surface area contributed by atoms with Gasteiger partial charge in [0.2, 0.25) is 0 Å². The first-order chi connectivity index (χ1) is 6.02. The summed E-state index contributed by atoms with van der Waals surface area (Å²) in [4.78, 5) is 10.9. The topological polar surface area (TPSA) is 46.5 Å².